The van der Waals surface area contributed by atoms with Crippen LogP contribution >= 0.6 is 0 Å². The number of ether oxygens (including phenoxy) is 6. The van der Waals surface area contributed by atoms with E-state index in [-0.39, 0.29) is 11.1 Å². The van der Waals surface area contributed by atoms with E-state index in [1.165, 1.54) is 104 Å². The molecule has 0 atom stereocenters. The van der Waals surface area contributed by atoms with Crippen LogP contribution in [0, 0.1) is 11.8 Å². The first-order chi connectivity index (χ1) is 33.8. The highest BCUT2D eigenvalue weighted by atomic mass is 16.5. The number of unbranched alkanes of at least 4 members (excludes halogenated alkanes) is 2. The standard InChI is InChI=1S/2C12H27NO.2C10H23NO.C9H21NO.C7H17NO/c1-11(2,3)13(12(4,5)6)9-8-10-14-7;1-11(2)9-13(10-12(3)4)7-6-8-14-5;1-9(2)11(10(3)4)7-6-8-12-5;1-4-7-11(8-5-2)9-6-10-12-3;1-4-10(5-2)8-6-7-9-11-3;1-8(2)6-4-5-7-9-3/h8-10H2,1-7H3;11-12H,6-10H2,1-5H3;9-10H,6-8H2,1-5H3;4-10H2,1-3H3;4-9H2,1-3H3;4-7H2,1-3H3. The average molecular weight is 1040 g/mol. The molecule has 0 rings (SSSR count). The van der Waals surface area contributed by atoms with Crippen LogP contribution in [0.25, 0.3) is 0 Å². The zero-order chi connectivity index (χ0) is 56.8. The number of nitrogens with zero attached hydrogens (tertiary/aromatic N) is 6. The maximum Gasteiger partial charge on any atom is 0.0474 e. The van der Waals surface area contributed by atoms with Crippen LogP contribution in [0.3, 0.4) is 0 Å². The summed E-state index contributed by atoms with van der Waals surface area (Å²) in [5, 5.41) is 0. The molecule has 0 amide bonds. The smallest absolute Gasteiger partial charge is 0.0474 e. The number of rotatable bonds is 38. The zero-order valence-electron chi connectivity index (χ0n) is 54.2. The summed E-state index contributed by atoms with van der Waals surface area (Å²) in [6.45, 7) is 60.1. The third kappa shape index (κ3) is 67.5. The first-order valence-corrected chi connectivity index (χ1v) is 29.1. The Labute approximate surface area is 455 Å². The Morgan fingerprint density at radius 2 is 0.653 bits per heavy atom. The summed E-state index contributed by atoms with van der Waals surface area (Å²) in [4.78, 5) is 14.7. The highest BCUT2D eigenvalue weighted by molar-refractivity contribution is 4.86. The lowest BCUT2D eigenvalue weighted by Crippen LogP contribution is -2.53. The van der Waals surface area contributed by atoms with Crippen molar-refractivity contribution in [2.24, 2.45) is 11.8 Å². The molecule has 0 aromatic heterocycles. The molecule has 72 heavy (non-hydrogen) atoms. The minimum absolute atomic E-state index is 0.228. The Morgan fingerprint density at radius 1 is 0.347 bits per heavy atom. The Bertz CT molecular complexity index is 937. The fraction of sp³-hybridized carbons (Fsp3) is 1.00. The van der Waals surface area contributed by atoms with Crippen molar-refractivity contribution >= 4 is 0 Å². The lowest BCUT2D eigenvalue weighted by atomic mass is 9.96. The highest BCUT2D eigenvalue weighted by Crippen LogP contribution is 2.24. The predicted molar refractivity (Wildman–Crippen MR) is 321 cm³/mol. The Morgan fingerprint density at radius 3 is 0.944 bits per heavy atom. The Kier molecular flexibility index (Phi) is 68.8. The molecule has 0 fully saturated rings. The van der Waals surface area contributed by atoms with Gasteiger partial charge in [-0.3, -0.25) is 9.80 Å². The van der Waals surface area contributed by atoms with Gasteiger partial charge in [-0.15, -0.1) is 0 Å². The van der Waals surface area contributed by atoms with Crippen LogP contribution in [0.4, 0.5) is 0 Å². The van der Waals surface area contributed by atoms with Gasteiger partial charge >= 0.3 is 0 Å². The monoisotopic (exact) mass is 1040 g/mol. The van der Waals surface area contributed by atoms with E-state index in [1.807, 2.05) is 0 Å². The SMILES string of the molecule is CCCN(CCC)CCCOC.CCN(CC)CCCCOC.COCCCCN(C)C.COCCCN(C(C)(C)C)C(C)(C)C.COCCCN(C(C)C)C(C)C.COCCCN(CC(C)C)CC(C)C. The first kappa shape index (κ1) is 82.9. The molecule has 0 spiro atoms. The van der Waals surface area contributed by atoms with Crippen LogP contribution in [0.2, 0.25) is 0 Å². The zero-order valence-corrected chi connectivity index (χ0v) is 54.2. The van der Waals surface area contributed by atoms with Crippen molar-refractivity contribution in [3.63, 3.8) is 0 Å². The van der Waals surface area contributed by atoms with Gasteiger partial charge in [-0.2, -0.15) is 0 Å². The van der Waals surface area contributed by atoms with E-state index in [0.29, 0.717) is 12.1 Å². The third-order valence-corrected chi connectivity index (χ3v) is 11.6. The second kappa shape index (κ2) is 59.8. The molecule has 0 aromatic carbocycles. The van der Waals surface area contributed by atoms with Crippen LogP contribution < -0.4 is 0 Å². The highest BCUT2D eigenvalue weighted by Gasteiger charge is 2.30. The molecular weight excluding hydrogens is 901 g/mol. The molecule has 0 aliphatic carbocycles. The summed E-state index contributed by atoms with van der Waals surface area (Å²) in [5.41, 5.74) is 0.456. The van der Waals surface area contributed by atoms with Gasteiger partial charge in [-0.1, -0.05) is 55.4 Å². The van der Waals surface area contributed by atoms with Crippen molar-refractivity contribution in [3.8, 4) is 0 Å². The molecule has 0 aliphatic heterocycles. The average Bonchev–Trinajstić information content (AvgIpc) is 3.28. The van der Waals surface area contributed by atoms with Gasteiger partial charge in [0.2, 0.25) is 0 Å². The molecule has 0 heterocycles. The first-order valence-electron chi connectivity index (χ1n) is 29.1. The van der Waals surface area contributed by atoms with Gasteiger partial charge in [0.1, 0.15) is 0 Å². The Balaban J connectivity index is -0.000000182. The van der Waals surface area contributed by atoms with Crippen molar-refractivity contribution < 1.29 is 28.4 Å². The van der Waals surface area contributed by atoms with Crippen LogP contribution in [0.1, 0.15) is 189 Å². The lowest BCUT2D eigenvalue weighted by molar-refractivity contribution is 0.0300. The van der Waals surface area contributed by atoms with E-state index in [2.05, 4.69) is 168 Å². The summed E-state index contributed by atoms with van der Waals surface area (Å²) in [7, 11) is 14.7. The van der Waals surface area contributed by atoms with Gasteiger partial charge in [0.15, 0.2) is 0 Å². The number of hydrogen-bond donors (Lipinski definition) is 0. The molecule has 0 aromatic rings. The maximum absolute atomic E-state index is 5.09. The summed E-state index contributed by atoms with van der Waals surface area (Å²) >= 11 is 0. The van der Waals surface area contributed by atoms with Gasteiger partial charge in [-0.25, -0.2) is 0 Å². The molecule has 12 nitrogen and oxygen atoms in total. The van der Waals surface area contributed by atoms with Crippen molar-refractivity contribution in [1.29, 1.82) is 0 Å². The van der Waals surface area contributed by atoms with Crippen LogP contribution in [0.5, 0.6) is 0 Å². The Hall–Kier alpha value is -0.480. The quantitative estimate of drug-likeness (QED) is 0.0553. The third-order valence-electron chi connectivity index (χ3n) is 11.6. The second-order valence-corrected chi connectivity index (χ2v) is 22.9. The van der Waals surface area contributed by atoms with Crippen molar-refractivity contribution in [3.05, 3.63) is 0 Å². The van der Waals surface area contributed by atoms with Crippen LogP contribution in [-0.2, 0) is 28.4 Å². The van der Waals surface area contributed by atoms with E-state index >= 15 is 0 Å². The molecule has 0 saturated heterocycles. The fourth-order valence-corrected chi connectivity index (χ4v) is 8.47. The van der Waals surface area contributed by atoms with Gasteiger partial charge in [0.25, 0.3) is 0 Å². The summed E-state index contributed by atoms with van der Waals surface area (Å²) < 4.78 is 30.1. The normalized spacial score (nSPS) is 11.8. The minimum Gasteiger partial charge on any atom is -0.385 e. The molecule has 444 valence electrons. The van der Waals surface area contributed by atoms with Gasteiger partial charge in [0.05, 0.1) is 0 Å². The molecule has 0 saturated carbocycles. The molecule has 0 aliphatic rings. The van der Waals surface area contributed by atoms with Crippen LogP contribution in [0.15, 0.2) is 0 Å². The predicted octanol–water partition coefficient (Wildman–Crippen LogP) is 12.6. The largest absolute Gasteiger partial charge is 0.385 e. The van der Waals surface area contributed by atoms with Crippen LogP contribution in [-0.4, -0.2) is 227 Å². The van der Waals surface area contributed by atoms with Crippen molar-refractivity contribution in [2.45, 2.75) is 212 Å². The summed E-state index contributed by atoms with van der Waals surface area (Å²) in [6.07, 6.45) is 11.9. The van der Waals surface area contributed by atoms with Crippen molar-refractivity contribution in [2.75, 3.05) is 175 Å². The molecule has 0 bridgehead atoms. The van der Waals surface area contributed by atoms with E-state index in [0.717, 1.165) is 90.2 Å². The molecule has 12 heteroatoms. The van der Waals surface area contributed by atoms with E-state index < -0.39 is 0 Å². The van der Waals surface area contributed by atoms with E-state index in [4.69, 9.17) is 28.4 Å². The van der Waals surface area contributed by atoms with Gasteiger partial charge in [-0.05, 0) is 199 Å². The molecule has 0 radical (unpaired) electrons. The topological polar surface area (TPSA) is 74.8 Å². The van der Waals surface area contributed by atoms with Gasteiger partial charge < -0.3 is 48.0 Å². The maximum atomic E-state index is 5.09. The minimum atomic E-state index is 0.228. The van der Waals surface area contributed by atoms with Gasteiger partial charge in [0, 0.05) is 145 Å². The molecule has 0 unspecified atom stereocenters. The molecular formula is C60H138N6O6. The number of hydrogen-bond acceptors (Lipinski definition) is 12. The second-order valence-electron chi connectivity index (χ2n) is 22.9. The fourth-order valence-electron chi connectivity index (χ4n) is 8.47. The summed E-state index contributed by atoms with van der Waals surface area (Å²) in [5.74, 6) is 1.52. The summed E-state index contributed by atoms with van der Waals surface area (Å²) in [6, 6.07) is 1.28. The van der Waals surface area contributed by atoms with E-state index in [1.54, 1.807) is 42.7 Å². The number of methoxy groups -OCH3 is 6. The molecule has 0 N–H and O–H groups in total. The lowest BCUT2D eigenvalue weighted by Gasteiger charge is -2.45. The van der Waals surface area contributed by atoms with Crippen molar-refractivity contribution in [1.82, 2.24) is 29.4 Å². The van der Waals surface area contributed by atoms with E-state index in [9.17, 15) is 0 Å².